The Labute approximate surface area is 152 Å². The molecule has 0 aliphatic heterocycles. The van der Waals surface area contributed by atoms with Crippen LogP contribution in [0.5, 0.6) is 0 Å². The van der Waals surface area contributed by atoms with E-state index in [1.807, 2.05) is 0 Å². The molecule has 2 fully saturated rings. The molecule has 0 heterocycles. The van der Waals surface area contributed by atoms with Gasteiger partial charge in [0.25, 0.3) is 0 Å². The summed E-state index contributed by atoms with van der Waals surface area (Å²) in [6.45, 7) is 1.20. The molecule has 3 rings (SSSR count). The average molecular weight is 349 g/mol. The van der Waals surface area contributed by atoms with Gasteiger partial charge in [0.15, 0.2) is 0 Å². The lowest BCUT2D eigenvalue weighted by Gasteiger charge is -2.31. The van der Waals surface area contributed by atoms with Gasteiger partial charge >= 0.3 is 0 Å². The molecule has 0 aromatic heterocycles. The van der Waals surface area contributed by atoms with Crippen LogP contribution in [0.25, 0.3) is 0 Å². The average Bonchev–Trinajstić information content (AvgIpc) is 2.68. The molecule has 2 heteroatoms. The Balaban J connectivity index is 2.09. The third-order valence-electron chi connectivity index (χ3n) is 6.56. The van der Waals surface area contributed by atoms with E-state index < -0.39 is 13.3 Å². The lowest BCUT2D eigenvalue weighted by molar-refractivity contribution is 0.408. The highest BCUT2D eigenvalue weighted by molar-refractivity contribution is 5.49. The monoisotopic (exact) mass is 348 g/mol. The van der Waals surface area contributed by atoms with Crippen LogP contribution in [0.4, 0.5) is 8.78 Å². The Morgan fingerprint density at radius 1 is 0.800 bits per heavy atom. The number of hydrogen-bond donors (Lipinski definition) is 0. The molecule has 0 saturated heterocycles. The van der Waals surface area contributed by atoms with E-state index in [-0.39, 0.29) is 0 Å². The van der Waals surface area contributed by atoms with E-state index in [1.165, 1.54) is 49.7 Å². The second-order valence-electron chi connectivity index (χ2n) is 8.18. The number of halogens is 2. The minimum absolute atomic E-state index is 0.445. The van der Waals surface area contributed by atoms with Gasteiger partial charge in [0.2, 0.25) is 0 Å². The third-order valence-corrected chi connectivity index (χ3v) is 6.56. The second kappa shape index (κ2) is 9.14. The summed E-state index contributed by atoms with van der Waals surface area (Å²) < 4.78 is 28.3. The number of hydrogen-bond acceptors (Lipinski definition) is 0. The minimum Gasteiger partial charge on any atom is -0.246 e. The molecule has 2 saturated carbocycles. The van der Waals surface area contributed by atoms with Crippen LogP contribution in [0.2, 0.25) is 0 Å². The lowest BCUT2D eigenvalue weighted by atomic mass is 9.74. The summed E-state index contributed by atoms with van der Waals surface area (Å²) in [5.74, 6) is 0.896. The molecule has 0 amide bonds. The molecule has 0 atom stereocenters. The largest absolute Gasteiger partial charge is 0.246 e. The molecule has 0 N–H and O–H groups in total. The van der Waals surface area contributed by atoms with Gasteiger partial charge in [-0.25, -0.2) is 8.78 Å². The molecule has 0 unspecified atom stereocenters. The summed E-state index contributed by atoms with van der Waals surface area (Å²) in [6.07, 6.45) is 14.2. The van der Waals surface area contributed by atoms with Crippen LogP contribution in [0.3, 0.4) is 0 Å². The number of aryl methyl sites for hydroxylation is 1. The van der Waals surface area contributed by atoms with Crippen LogP contribution in [0.15, 0.2) is 6.07 Å². The highest BCUT2D eigenvalue weighted by Crippen LogP contribution is 2.43. The topological polar surface area (TPSA) is 0 Å². The van der Waals surface area contributed by atoms with E-state index in [0.717, 1.165) is 55.2 Å². The smallest absolute Gasteiger partial charge is 0.115 e. The zero-order chi connectivity index (χ0) is 17.6. The van der Waals surface area contributed by atoms with Crippen LogP contribution in [0, 0.1) is 0 Å². The second-order valence-corrected chi connectivity index (χ2v) is 8.18. The van der Waals surface area contributed by atoms with Crippen LogP contribution in [0.1, 0.15) is 117 Å². The van der Waals surface area contributed by atoms with Gasteiger partial charge < -0.3 is 0 Å². The number of benzene rings is 1. The predicted octanol–water partition coefficient (Wildman–Crippen LogP) is 7.67. The van der Waals surface area contributed by atoms with Gasteiger partial charge in [0.1, 0.15) is 13.3 Å². The SMILES string of the molecule is CCCc1cc(C2CCCCC2)c(CF)c(CF)c1C1CCCCC1. The summed E-state index contributed by atoms with van der Waals surface area (Å²) in [7, 11) is 0. The summed E-state index contributed by atoms with van der Waals surface area (Å²) >= 11 is 0. The van der Waals surface area contributed by atoms with Crippen molar-refractivity contribution in [3.8, 4) is 0 Å². The van der Waals surface area contributed by atoms with Crippen molar-refractivity contribution in [2.75, 3.05) is 0 Å². The van der Waals surface area contributed by atoms with Crippen LogP contribution >= 0.6 is 0 Å². The molecule has 140 valence electrons. The Hall–Kier alpha value is -0.920. The molecule has 2 aliphatic carbocycles. The van der Waals surface area contributed by atoms with E-state index in [2.05, 4.69) is 13.0 Å². The summed E-state index contributed by atoms with van der Waals surface area (Å²) in [5.41, 5.74) is 5.14. The third kappa shape index (κ3) is 4.09. The minimum atomic E-state index is -0.503. The quantitative estimate of drug-likeness (QED) is 0.494. The first-order chi connectivity index (χ1) is 12.3. The summed E-state index contributed by atoms with van der Waals surface area (Å²) in [4.78, 5) is 0. The first-order valence-corrected chi connectivity index (χ1v) is 10.6. The van der Waals surface area contributed by atoms with E-state index in [4.69, 9.17) is 0 Å². The van der Waals surface area contributed by atoms with Gasteiger partial charge in [0.05, 0.1) is 0 Å². The van der Waals surface area contributed by atoms with Gasteiger partial charge in [-0.2, -0.15) is 0 Å². The molecule has 0 bridgehead atoms. The maximum atomic E-state index is 14.2. The summed E-state index contributed by atoms with van der Waals surface area (Å²) in [6, 6.07) is 2.30. The van der Waals surface area contributed by atoms with Crippen molar-refractivity contribution in [3.63, 3.8) is 0 Å². The Morgan fingerprint density at radius 2 is 1.36 bits per heavy atom. The van der Waals surface area contributed by atoms with E-state index in [1.54, 1.807) is 0 Å². The van der Waals surface area contributed by atoms with E-state index in [0.29, 0.717) is 11.8 Å². The number of rotatable bonds is 6. The molecule has 25 heavy (non-hydrogen) atoms. The van der Waals surface area contributed by atoms with Crippen molar-refractivity contribution in [2.24, 2.45) is 0 Å². The Kier molecular flexibility index (Phi) is 6.90. The Bertz CT molecular complexity index is 552. The summed E-state index contributed by atoms with van der Waals surface area (Å²) in [5, 5.41) is 0. The van der Waals surface area contributed by atoms with Gasteiger partial charge in [-0.1, -0.05) is 57.9 Å². The van der Waals surface area contributed by atoms with Gasteiger partial charge in [0, 0.05) is 0 Å². The highest BCUT2D eigenvalue weighted by atomic mass is 19.1. The zero-order valence-electron chi connectivity index (χ0n) is 15.9. The fraction of sp³-hybridized carbons (Fsp3) is 0.739. The van der Waals surface area contributed by atoms with Crippen LogP contribution in [-0.2, 0) is 19.8 Å². The fourth-order valence-electron chi connectivity index (χ4n) is 5.35. The molecular formula is C23H34F2. The standard InChI is InChI=1S/C23H34F2/c1-2-9-19-14-20(17-10-5-3-6-11-17)21(15-24)22(16-25)23(19)18-12-7-4-8-13-18/h14,17-18H,2-13,15-16H2,1H3. The molecule has 0 nitrogen and oxygen atoms in total. The molecular weight excluding hydrogens is 314 g/mol. The molecule has 2 aliphatic rings. The maximum absolute atomic E-state index is 14.2. The van der Waals surface area contributed by atoms with Crippen molar-refractivity contribution in [1.82, 2.24) is 0 Å². The van der Waals surface area contributed by atoms with Crippen LogP contribution in [-0.4, -0.2) is 0 Å². The lowest BCUT2D eigenvalue weighted by Crippen LogP contribution is -2.16. The van der Waals surface area contributed by atoms with Crippen LogP contribution < -0.4 is 0 Å². The fourth-order valence-corrected chi connectivity index (χ4v) is 5.35. The highest BCUT2D eigenvalue weighted by Gasteiger charge is 2.28. The first kappa shape index (κ1) is 18.9. The van der Waals surface area contributed by atoms with Crippen molar-refractivity contribution in [2.45, 2.75) is 109 Å². The van der Waals surface area contributed by atoms with E-state index in [9.17, 15) is 8.78 Å². The van der Waals surface area contributed by atoms with Crippen molar-refractivity contribution >= 4 is 0 Å². The molecule has 1 aromatic carbocycles. The number of alkyl halides is 2. The van der Waals surface area contributed by atoms with Gasteiger partial charge in [-0.15, -0.1) is 0 Å². The van der Waals surface area contributed by atoms with Crippen molar-refractivity contribution in [1.29, 1.82) is 0 Å². The molecule has 1 aromatic rings. The molecule has 0 radical (unpaired) electrons. The maximum Gasteiger partial charge on any atom is 0.115 e. The predicted molar refractivity (Wildman–Crippen MR) is 102 cm³/mol. The van der Waals surface area contributed by atoms with E-state index >= 15 is 0 Å². The van der Waals surface area contributed by atoms with Gasteiger partial charge in [-0.3, -0.25) is 0 Å². The first-order valence-electron chi connectivity index (χ1n) is 10.6. The zero-order valence-corrected chi connectivity index (χ0v) is 15.9. The van der Waals surface area contributed by atoms with Gasteiger partial charge in [-0.05, 0) is 71.8 Å². The van der Waals surface area contributed by atoms with Crippen molar-refractivity contribution in [3.05, 3.63) is 33.9 Å². The normalized spacial score (nSPS) is 20.1. The Morgan fingerprint density at radius 3 is 1.88 bits per heavy atom. The molecule has 0 spiro atoms. The van der Waals surface area contributed by atoms with Crippen molar-refractivity contribution < 1.29 is 8.78 Å².